The quantitative estimate of drug-likeness (QED) is 0.160. The van der Waals surface area contributed by atoms with E-state index in [-0.39, 0.29) is 22.4 Å². The molecule has 0 aliphatic carbocycles. The van der Waals surface area contributed by atoms with Gasteiger partial charge >= 0.3 is 6.18 Å². The van der Waals surface area contributed by atoms with E-state index < -0.39 is 11.7 Å². The molecule has 10 aromatic rings. The predicted molar refractivity (Wildman–Crippen MR) is 237 cm³/mol. The van der Waals surface area contributed by atoms with Gasteiger partial charge in [-0.2, -0.15) is 18.4 Å². The Balaban J connectivity index is 1.37. The molecule has 0 spiro atoms. The summed E-state index contributed by atoms with van der Waals surface area (Å²) in [5.41, 5.74) is 9.11. The van der Waals surface area contributed by atoms with Gasteiger partial charge in [-0.05, 0) is 84.6 Å². The number of fused-ring (bicyclic) bond motifs is 6. The number of alkyl halides is 3. The molecule has 60 heavy (non-hydrogen) atoms. The monoisotopic (exact) mass is 782 g/mol. The Hall–Kier alpha value is -7.87. The van der Waals surface area contributed by atoms with Crippen LogP contribution in [0.2, 0.25) is 0 Å². The molecule has 2 aromatic heterocycles. The minimum absolute atomic E-state index is 0.151. The van der Waals surface area contributed by atoms with Crippen molar-refractivity contribution < 1.29 is 13.2 Å². The van der Waals surface area contributed by atoms with Crippen molar-refractivity contribution in [3.63, 3.8) is 0 Å². The summed E-state index contributed by atoms with van der Waals surface area (Å²) in [5, 5.41) is 14.3. The fraction of sp³-hybridized carbons (Fsp3) is 0.0566. The van der Waals surface area contributed by atoms with Crippen LogP contribution in [-0.2, 0) is 6.18 Å². The van der Waals surface area contributed by atoms with Crippen LogP contribution in [0.3, 0.4) is 0 Å². The van der Waals surface area contributed by atoms with Gasteiger partial charge in [0, 0.05) is 32.7 Å². The molecule has 0 saturated heterocycles. The summed E-state index contributed by atoms with van der Waals surface area (Å²) in [7, 11) is 0. The van der Waals surface area contributed by atoms with Crippen LogP contribution in [0.15, 0.2) is 164 Å². The van der Waals surface area contributed by atoms with Gasteiger partial charge in [0.1, 0.15) is 0 Å². The van der Waals surface area contributed by atoms with Crippen LogP contribution in [-0.4, -0.2) is 9.13 Å². The first-order valence-corrected chi connectivity index (χ1v) is 19.5. The Morgan fingerprint density at radius 2 is 0.950 bits per heavy atom. The summed E-state index contributed by atoms with van der Waals surface area (Å²) >= 11 is 0. The summed E-state index contributed by atoms with van der Waals surface area (Å²) in [6.07, 6.45) is -4.81. The molecular weight excluding hydrogens is 750 g/mol. The maximum Gasteiger partial charge on any atom is 0.415 e. The van der Waals surface area contributed by atoms with Crippen molar-refractivity contribution in [3.8, 4) is 50.8 Å². The second kappa shape index (κ2) is 13.9. The molecule has 0 fully saturated rings. The zero-order valence-electron chi connectivity index (χ0n) is 32.5. The zero-order chi connectivity index (χ0) is 41.3. The van der Waals surface area contributed by atoms with Gasteiger partial charge < -0.3 is 9.13 Å². The van der Waals surface area contributed by atoms with Gasteiger partial charge in [0.05, 0.1) is 57.2 Å². The topological polar surface area (TPSA) is 38.0 Å². The van der Waals surface area contributed by atoms with E-state index >= 15 is 13.2 Å². The fourth-order valence-corrected chi connectivity index (χ4v) is 8.73. The molecule has 8 aromatic carbocycles. The lowest BCUT2D eigenvalue weighted by Gasteiger charge is -2.24. The minimum atomic E-state index is -4.81. The van der Waals surface area contributed by atoms with Gasteiger partial charge in [-0.25, -0.2) is 4.85 Å². The maximum atomic E-state index is 15.4. The van der Waals surface area contributed by atoms with Gasteiger partial charge in [0.2, 0.25) is 0 Å². The fourth-order valence-electron chi connectivity index (χ4n) is 8.73. The van der Waals surface area contributed by atoms with Crippen LogP contribution in [0.25, 0.3) is 93.2 Å². The molecule has 0 amide bonds. The number of nitriles is 1. The third-order valence-corrected chi connectivity index (χ3v) is 11.5. The summed E-state index contributed by atoms with van der Waals surface area (Å²) in [4.78, 5) is 3.73. The third kappa shape index (κ3) is 5.82. The number of hydrogen-bond donors (Lipinski definition) is 0. The van der Waals surface area contributed by atoms with E-state index in [2.05, 4.69) is 71.6 Å². The molecule has 0 radical (unpaired) electrons. The van der Waals surface area contributed by atoms with Crippen molar-refractivity contribution in [2.24, 2.45) is 0 Å². The van der Waals surface area contributed by atoms with Crippen LogP contribution >= 0.6 is 0 Å². The lowest BCUT2D eigenvalue weighted by molar-refractivity contribution is -0.137. The van der Waals surface area contributed by atoms with Crippen molar-refractivity contribution in [1.82, 2.24) is 9.13 Å². The molecule has 4 nitrogen and oxygen atoms in total. The Labute approximate surface area is 344 Å². The number of para-hydroxylation sites is 2. The van der Waals surface area contributed by atoms with Gasteiger partial charge in [0.15, 0.2) is 5.69 Å². The minimum Gasteiger partial charge on any atom is -0.309 e. The number of nitrogens with zero attached hydrogens (tertiary/aromatic N) is 4. The van der Waals surface area contributed by atoms with Crippen LogP contribution in [0.5, 0.6) is 0 Å². The standard InChI is InChI=1S/C53H33F3N4/c1-32-15-19-35(20-16-32)37-23-25-47-41(29-37)39-9-4-6-13-45(39)59(47)49-27-34(31-57)28-50(52(49)51-43(53(54,55)56)11-8-12-44(51)58-3)60-46-14-7-5-10-40(46)42-30-38(24-26-48(42)60)36-21-17-33(2)18-22-36/h4-30H,1-2H3. The van der Waals surface area contributed by atoms with Crippen molar-refractivity contribution in [2.75, 3.05) is 0 Å². The highest BCUT2D eigenvalue weighted by Crippen LogP contribution is 2.50. The second-order valence-electron chi connectivity index (χ2n) is 15.2. The molecule has 0 aliphatic heterocycles. The lowest BCUT2D eigenvalue weighted by Crippen LogP contribution is -2.11. The summed E-state index contributed by atoms with van der Waals surface area (Å²) in [5.74, 6) is 0. The van der Waals surface area contributed by atoms with Crippen molar-refractivity contribution in [3.05, 3.63) is 197 Å². The molecule has 0 bridgehead atoms. The average molecular weight is 783 g/mol. The van der Waals surface area contributed by atoms with E-state index in [1.165, 1.54) is 12.1 Å². The summed E-state index contributed by atoms with van der Waals surface area (Å²) < 4.78 is 50.2. The highest BCUT2D eigenvalue weighted by Gasteiger charge is 2.37. The lowest BCUT2D eigenvalue weighted by atomic mass is 9.92. The molecule has 10 rings (SSSR count). The summed E-state index contributed by atoms with van der Waals surface area (Å²) in [6, 6.07) is 53.8. The number of aromatic nitrogens is 2. The number of halogens is 3. The first-order chi connectivity index (χ1) is 29.1. The van der Waals surface area contributed by atoms with Crippen molar-refractivity contribution in [2.45, 2.75) is 20.0 Å². The average Bonchev–Trinajstić information content (AvgIpc) is 3.78. The van der Waals surface area contributed by atoms with Crippen LogP contribution in [0, 0.1) is 31.8 Å². The molecule has 0 atom stereocenters. The van der Waals surface area contributed by atoms with Crippen LogP contribution < -0.4 is 0 Å². The molecule has 0 unspecified atom stereocenters. The zero-order valence-corrected chi connectivity index (χ0v) is 32.5. The largest absolute Gasteiger partial charge is 0.415 e. The number of benzene rings is 8. The first-order valence-electron chi connectivity index (χ1n) is 19.5. The number of aryl methyl sites for hydroxylation is 2. The Kier molecular flexibility index (Phi) is 8.45. The second-order valence-corrected chi connectivity index (χ2v) is 15.2. The molecular formula is C53H33F3N4. The maximum absolute atomic E-state index is 15.4. The first kappa shape index (κ1) is 36.5. The van der Waals surface area contributed by atoms with Crippen LogP contribution in [0.1, 0.15) is 22.3 Å². The van der Waals surface area contributed by atoms with E-state index in [0.717, 1.165) is 83.1 Å². The van der Waals surface area contributed by atoms with E-state index in [9.17, 15) is 5.26 Å². The highest BCUT2D eigenvalue weighted by molar-refractivity contribution is 6.13. The van der Waals surface area contributed by atoms with E-state index in [1.54, 1.807) is 12.1 Å². The number of rotatable bonds is 5. The normalized spacial score (nSPS) is 11.7. The Morgan fingerprint density at radius 3 is 1.40 bits per heavy atom. The highest BCUT2D eigenvalue weighted by atomic mass is 19.4. The summed E-state index contributed by atoms with van der Waals surface area (Å²) in [6.45, 7) is 12.3. The SMILES string of the molecule is [C-]#[N+]c1cccc(C(F)(F)F)c1-c1c(-n2c3ccccc3c3cc(-c4ccc(C)cc4)ccc32)cc(C#N)cc1-n1c2ccccc2c2cc(-c3ccc(C)cc3)ccc21. The van der Waals surface area contributed by atoms with Crippen molar-refractivity contribution >= 4 is 49.3 Å². The smallest absolute Gasteiger partial charge is 0.309 e. The number of hydrogen-bond acceptors (Lipinski definition) is 1. The van der Waals surface area contributed by atoms with Gasteiger partial charge in [-0.1, -0.05) is 126 Å². The molecule has 0 saturated carbocycles. The van der Waals surface area contributed by atoms with Gasteiger partial charge in [-0.15, -0.1) is 0 Å². The Morgan fingerprint density at radius 1 is 0.500 bits per heavy atom. The van der Waals surface area contributed by atoms with Gasteiger partial charge in [0.25, 0.3) is 0 Å². The third-order valence-electron chi connectivity index (χ3n) is 11.5. The predicted octanol–water partition coefficient (Wildman–Crippen LogP) is 14.9. The molecule has 0 aliphatic rings. The Bertz CT molecular complexity index is 3260. The molecule has 7 heteroatoms. The molecule has 0 N–H and O–H groups in total. The molecule has 2 heterocycles. The van der Waals surface area contributed by atoms with Crippen LogP contribution in [0.4, 0.5) is 18.9 Å². The van der Waals surface area contributed by atoms with Crippen molar-refractivity contribution in [1.29, 1.82) is 5.26 Å². The van der Waals surface area contributed by atoms with E-state index in [1.807, 2.05) is 95.8 Å². The van der Waals surface area contributed by atoms with Gasteiger partial charge in [-0.3, -0.25) is 0 Å². The van der Waals surface area contributed by atoms with E-state index in [4.69, 9.17) is 6.57 Å². The van der Waals surface area contributed by atoms with E-state index in [0.29, 0.717) is 11.4 Å². The molecule has 286 valence electrons.